The standard InChI is InChI=1S/C13H22N2O3/c1-13(2)9(10(13)12(17)18)11(16)14-5-8-15-6-3-4-7-15/h9-10H,3-8H2,1-2H3,(H,14,16)(H,17,18)/t9-,10+/m1/s1. The molecule has 1 aliphatic heterocycles. The van der Waals surface area contributed by atoms with E-state index in [9.17, 15) is 9.59 Å². The largest absolute Gasteiger partial charge is 0.481 e. The molecule has 2 aliphatic rings. The van der Waals surface area contributed by atoms with Crippen molar-refractivity contribution in [2.45, 2.75) is 26.7 Å². The number of hydrogen-bond donors (Lipinski definition) is 2. The van der Waals surface area contributed by atoms with E-state index in [-0.39, 0.29) is 11.8 Å². The lowest BCUT2D eigenvalue weighted by molar-refractivity contribution is -0.140. The number of nitrogens with one attached hydrogen (secondary N) is 1. The SMILES string of the molecule is CC1(C)[C@H](C(=O)O)[C@@H]1C(=O)NCCN1CCCC1. The van der Waals surface area contributed by atoms with Gasteiger partial charge in [-0.3, -0.25) is 9.59 Å². The molecule has 0 unspecified atom stereocenters. The minimum atomic E-state index is -0.861. The highest BCUT2D eigenvalue weighted by molar-refractivity contribution is 5.91. The van der Waals surface area contributed by atoms with Gasteiger partial charge in [-0.05, 0) is 31.3 Å². The highest BCUT2D eigenvalue weighted by Gasteiger charge is 2.65. The molecule has 1 amide bonds. The quantitative estimate of drug-likeness (QED) is 0.752. The number of carboxylic acids is 1. The number of aliphatic carboxylic acids is 1. The summed E-state index contributed by atoms with van der Waals surface area (Å²) in [5, 5.41) is 11.9. The van der Waals surface area contributed by atoms with Gasteiger partial charge in [-0.1, -0.05) is 13.8 Å². The number of carbonyl (C=O) groups is 2. The molecule has 1 saturated heterocycles. The van der Waals surface area contributed by atoms with Crippen LogP contribution in [0.2, 0.25) is 0 Å². The molecule has 1 aliphatic carbocycles. The smallest absolute Gasteiger partial charge is 0.307 e. The van der Waals surface area contributed by atoms with E-state index in [2.05, 4.69) is 10.2 Å². The molecule has 18 heavy (non-hydrogen) atoms. The van der Waals surface area contributed by atoms with Crippen molar-refractivity contribution < 1.29 is 14.7 Å². The van der Waals surface area contributed by atoms with Gasteiger partial charge in [0, 0.05) is 13.1 Å². The number of carbonyl (C=O) groups excluding carboxylic acids is 1. The first kappa shape index (κ1) is 13.3. The first-order valence-corrected chi connectivity index (χ1v) is 6.67. The zero-order valence-electron chi connectivity index (χ0n) is 11.1. The first-order chi connectivity index (χ1) is 8.44. The Morgan fingerprint density at radius 2 is 1.89 bits per heavy atom. The van der Waals surface area contributed by atoms with Crippen LogP contribution in [0.5, 0.6) is 0 Å². The number of rotatable bonds is 5. The molecule has 2 fully saturated rings. The Bertz CT molecular complexity index is 348. The fourth-order valence-electron chi connectivity index (χ4n) is 3.04. The van der Waals surface area contributed by atoms with Gasteiger partial charge in [0.25, 0.3) is 0 Å². The average molecular weight is 254 g/mol. The molecule has 2 rings (SSSR count). The zero-order valence-corrected chi connectivity index (χ0v) is 11.1. The van der Waals surface area contributed by atoms with Crippen LogP contribution in [0.1, 0.15) is 26.7 Å². The molecule has 0 radical (unpaired) electrons. The van der Waals surface area contributed by atoms with Crippen LogP contribution < -0.4 is 5.32 Å². The Labute approximate surface area is 108 Å². The fraction of sp³-hybridized carbons (Fsp3) is 0.846. The van der Waals surface area contributed by atoms with E-state index in [4.69, 9.17) is 5.11 Å². The van der Waals surface area contributed by atoms with Gasteiger partial charge in [0.15, 0.2) is 0 Å². The van der Waals surface area contributed by atoms with E-state index in [1.54, 1.807) is 0 Å². The predicted octanol–water partition coefficient (Wildman–Crippen LogP) is 0.555. The normalized spacial score (nSPS) is 30.1. The molecule has 1 saturated carbocycles. The van der Waals surface area contributed by atoms with E-state index in [0.717, 1.165) is 19.6 Å². The zero-order chi connectivity index (χ0) is 13.3. The summed E-state index contributed by atoms with van der Waals surface area (Å²) in [6, 6.07) is 0. The van der Waals surface area contributed by atoms with E-state index in [1.807, 2.05) is 13.8 Å². The topological polar surface area (TPSA) is 69.6 Å². The highest BCUT2D eigenvalue weighted by Crippen LogP contribution is 2.58. The highest BCUT2D eigenvalue weighted by atomic mass is 16.4. The second kappa shape index (κ2) is 4.88. The Morgan fingerprint density at radius 3 is 2.39 bits per heavy atom. The first-order valence-electron chi connectivity index (χ1n) is 6.67. The van der Waals surface area contributed by atoms with E-state index < -0.39 is 17.3 Å². The van der Waals surface area contributed by atoms with Crippen LogP contribution in [0.4, 0.5) is 0 Å². The van der Waals surface area contributed by atoms with Crippen LogP contribution in [0.25, 0.3) is 0 Å². The minimum Gasteiger partial charge on any atom is -0.481 e. The van der Waals surface area contributed by atoms with Crippen molar-refractivity contribution in [1.29, 1.82) is 0 Å². The third kappa shape index (κ3) is 2.51. The summed E-state index contributed by atoms with van der Waals surface area (Å²) >= 11 is 0. The van der Waals surface area contributed by atoms with Crippen LogP contribution in [-0.4, -0.2) is 48.1 Å². The van der Waals surface area contributed by atoms with Crippen molar-refractivity contribution in [3.05, 3.63) is 0 Å². The monoisotopic (exact) mass is 254 g/mol. The van der Waals surface area contributed by atoms with Gasteiger partial charge >= 0.3 is 5.97 Å². The summed E-state index contributed by atoms with van der Waals surface area (Å²) < 4.78 is 0. The third-order valence-corrected chi connectivity index (χ3v) is 4.30. The molecule has 0 aromatic heterocycles. The van der Waals surface area contributed by atoms with Crippen LogP contribution in [0, 0.1) is 17.3 Å². The third-order valence-electron chi connectivity index (χ3n) is 4.30. The molecule has 5 nitrogen and oxygen atoms in total. The summed E-state index contributed by atoms with van der Waals surface area (Å²) in [6.45, 7) is 7.41. The van der Waals surface area contributed by atoms with Crippen LogP contribution in [-0.2, 0) is 9.59 Å². The second-order valence-corrected chi connectivity index (χ2v) is 5.95. The lowest BCUT2D eigenvalue weighted by Gasteiger charge is -2.14. The summed E-state index contributed by atoms with van der Waals surface area (Å²) in [5.74, 6) is -1.86. The van der Waals surface area contributed by atoms with Gasteiger partial charge in [0.1, 0.15) is 0 Å². The van der Waals surface area contributed by atoms with Crippen molar-refractivity contribution in [3.63, 3.8) is 0 Å². The van der Waals surface area contributed by atoms with Crippen LogP contribution in [0.3, 0.4) is 0 Å². The molecule has 1 heterocycles. The fourth-order valence-corrected chi connectivity index (χ4v) is 3.04. The lowest BCUT2D eigenvalue weighted by atomic mass is 10.1. The Morgan fingerprint density at radius 1 is 1.28 bits per heavy atom. The van der Waals surface area contributed by atoms with Crippen molar-refractivity contribution in [3.8, 4) is 0 Å². The number of hydrogen-bond acceptors (Lipinski definition) is 3. The molecule has 0 aromatic rings. The number of likely N-dealkylation sites (tertiary alicyclic amines) is 1. The molecule has 0 spiro atoms. The van der Waals surface area contributed by atoms with Gasteiger partial charge in [0.2, 0.25) is 5.91 Å². The van der Waals surface area contributed by atoms with Gasteiger partial charge in [-0.2, -0.15) is 0 Å². The maximum atomic E-state index is 11.9. The number of carboxylic acid groups (broad SMARTS) is 1. The van der Waals surface area contributed by atoms with Crippen LogP contribution >= 0.6 is 0 Å². The maximum Gasteiger partial charge on any atom is 0.307 e. The molecule has 2 atom stereocenters. The number of amides is 1. The Kier molecular flexibility index (Phi) is 3.61. The van der Waals surface area contributed by atoms with E-state index in [1.165, 1.54) is 12.8 Å². The predicted molar refractivity (Wildman–Crippen MR) is 67.1 cm³/mol. The lowest BCUT2D eigenvalue weighted by Crippen LogP contribution is -2.35. The molecule has 0 bridgehead atoms. The summed E-state index contributed by atoms with van der Waals surface area (Å²) in [6.07, 6.45) is 2.48. The molecule has 2 N–H and O–H groups in total. The van der Waals surface area contributed by atoms with Crippen molar-refractivity contribution in [2.75, 3.05) is 26.2 Å². The summed E-state index contributed by atoms with van der Waals surface area (Å²) in [7, 11) is 0. The second-order valence-electron chi connectivity index (χ2n) is 5.95. The molecule has 0 aromatic carbocycles. The van der Waals surface area contributed by atoms with Crippen LogP contribution in [0.15, 0.2) is 0 Å². The maximum absolute atomic E-state index is 11.9. The van der Waals surface area contributed by atoms with Crippen molar-refractivity contribution >= 4 is 11.9 Å². The molecule has 102 valence electrons. The number of nitrogens with zero attached hydrogens (tertiary/aromatic N) is 1. The van der Waals surface area contributed by atoms with Gasteiger partial charge in [-0.15, -0.1) is 0 Å². The summed E-state index contributed by atoms with van der Waals surface area (Å²) in [5.41, 5.74) is -0.399. The molecule has 5 heteroatoms. The van der Waals surface area contributed by atoms with E-state index in [0.29, 0.717) is 6.54 Å². The van der Waals surface area contributed by atoms with Crippen molar-refractivity contribution in [2.24, 2.45) is 17.3 Å². The van der Waals surface area contributed by atoms with Gasteiger partial charge in [-0.25, -0.2) is 0 Å². The average Bonchev–Trinajstić information content (AvgIpc) is 2.65. The van der Waals surface area contributed by atoms with Crippen molar-refractivity contribution in [1.82, 2.24) is 10.2 Å². The van der Waals surface area contributed by atoms with Gasteiger partial charge in [0.05, 0.1) is 11.8 Å². The minimum absolute atomic E-state index is 0.105. The molecular formula is C13H22N2O3. The molecular weight excluding hydrogens is 232 g/mol. The summed E-state index contributed by atoms with van der Waals surface area (Å²) in [4.78, 5) is 25.2. The Balaban J connectivity index is 1.74. The Hall–Kier alpha value is -1.10. The van der Waals surface area contributed by atoms with E-state index >= 15 is 0 Å². The van der Waals surface area contributed by atoms with Gasteiger partial charge < -0.3 is 15.3 Å².